The van der Waals surface area contributed by atoms with Gasteiger partial charge < -0.3 is 38.6 Å². The van der Waals surface area contributed by atoms with Gasteiger partial charge in [0, 0.05) is 59.1 Å². The van der Waals surface area contributed by atoms with Crippen LogP contribution in [0.3, 0.4) is 0 Å². The van der Waals surface area contributed by atoms with E-state index in [4.69, 9.17) is 19.4 Å². The van der Waals surface area contributed by atoms with Crippen molar-refractivity contribution < 1.29 is 14.0 Å². The van der Waals surface area contributed by atoms with E-state index in [-0.39, 0.29) is 0 Å². The molecule has 10 nitrogen and oxygen atoms in total. The Balaban J connectivity index is 1.11. The van der Waals surface area contributed by atoms with Crippen molar-refractivity contribution in [3.63, 3.8) is 0 Å². The molecule has 0 radical (unpaired) electrons. The van der Waals surface area contributed by atoms with E-state index < -0.39 is 0 Å². The Morgan fingerprint density at radius 2 is 0.967 bits per heavy atom. The van der Waals surface area contributed by atoms with Crippen molar-refractivity contribution in [3.05, 3.63) is 108 Å². The molecule has 8 bridgehead atoms. The number of benzene rings is 2. The first-order valence-electron chi connectivity index (χ1n) is 21.8. The molecule has 0 amide bonds. The lowest BCUT2D eigenvalue weighted by Crippen LogP contribution is -2.42. The first kappa shape index (κ1) is 43.6. The molecule has 0 spiro atoms. The Bertz CT molecular complexity index is 2440. The number of ether oxygens (including phenoxy) is 2. The molecule has 0 fully saturated rings. The van der Waals surface area contributed by atoms with Gasteiger partial charge in [-0.2, -0.15) is 0 Å². The van der Waals surface area contributed by atoms with Crippen LogP contribution in [-0.2, 0) is 0 Å². The highest BCUT2D eigenvalue weighted by molar-refractivity contribution is 5.93. The van der Waals surface area contributed by atoms with Crippen molar-refractivity contribution in [2.24, 2.45) is 0 Å². The minimum Gasteiger partial charge on any atom is -0.494 e. The van der Waals surface area contributed by atoms with E-state index in [1.54, 1.807) is 0 Å². The van der Waals surface area contributed by atoms with Gasteiger partial charge in [0.1, 0.15) is 11.5 Å². The molecule has 2 N–H and O–H groups in total. The third-order valence-electron chi connectivity index (χ3n) is 11.3. The van der Waals surface area contributed by atoms with Crippen LogP contribution in [0.15, 0.2) is 84.9 Å². The molecule has 320 valence electrons. The minimum absolute atomic E-state index is 0.683. The fourth-order valence-corrected chi connectivity index (χ4v) is 8.02. The summed E-state index contributed by atoms with van der Waals surface area (Å²) in [5.41, 5.74) is 11.7. The lowest BCUT2D eigenvalue weighted by Gasteiger charge is -2.30. The minimum atomic E-state index is 0.683. The first-order valence-corrected chi connectivity index (χ1v) is 21.8. The average molecular weight is 822 g/mol. The van der Waals surface area contributed by atoms with Gasteiger partial charge in [0.15, 0.2) is 0 Å². The number of aromatic nitrogens is 4. The topological polar surface area (TPSA) is 85.5 Å². The molecule has 10 heteroatoms. The van der Waals surface area contributed by atoms with Gasteiger partial charge in [0.25, 0.3) is 0 Å². The molecular formula is C51H65N8O2+. The van der Waals surface area contributed by atoms with Crippen LogP contribution in [0.1, 0.15) is 48.5 Å². The molecule has 5 heterocycles. The van der Waals surface area contributed by atoms with E-state index >= 15 is 0 Å². The second kappa shape index (κ2) is 20.4. The van der Waals surface area contributed by atoms with Crippen molar-refractivity contribution in [1.82, 2.24) is 34.6 Å². The number of hydrogen-bond acceptors (Lipinski definition) is 7. The van der Waals surface area contributed by atoms with Crippen LogP contribution >= 0.6 is 0 Å². The lowest BCUT2D eigenvalue weighted by atomic mass is 10.0. The Labute approximate surface area is 362 Å². The van der Waals surface area contributed by atoms with E-state index in [1.807, 2.05) is 0 Å². The Kier molecular flexibility index (Phi) is 14.5. The van der Waals surface area contributed by atoms with E-state index in [9.17, 15) is 0 Å². The smallest absolute Gasteiger partial charge is 0.119 e. The maximum Gasteiger partial charge on any atom is 0.119 e. The zero-order chi connectivity index (χ0) is 42.8. The standard InChI is InChI=1S/C51H65N8O2/c1-56(2)28-8-30-58(5)31-10-34-60-44-20-12-38(13-21-44)50-46-24-16-40(52-46)36-42-18-26-48(54-42)51(49-27-19-43(55-49)37-41-17-25-47(50)53-41)39-14-22-45(23-15-39)61-35-11-33-59(6,7)32-9-29-57(3)4/h12-27,36-37,52,55H,8-11,28-35H2,1-7H3/q+1. The molecule has 2 aliphatic heterocycles. The Morgan fingerprint density at radius 3 is 1.48 bits per heavy atom. The largest absolute Gasteiger partial charge is 0.494 e. The summed E-state index contributed by atoms with van der Waals surface area (Å²) in [6, 6.07) is 29.5. The number of nitrogens with one attached hydrogen (secondary N) is 2. The summed E-state index contributed by atoms with van der Waals surface area (Å²) in [4.78, 5) is 24.5. The van der Waals surface area contributed by atoms with Crippen molar-refractivity contribution in [2.45, 2.75) is 25.7 Å². The number of quaternary nitrogens is 1. The summed E-state index contributed by atoms with van der Waals surface area (Å²) in [7, 11) is 15.3. The van der Waals surface area contributed by atoms with Gasteiger partial charge in [-0.1, -0.05) is 24.3 Å². The highest BCUT2D eigenvalue weighted by Gasteiger charge is 2.16. The van der Waals surface area contributed by atoms with Crippen molar-refractivity contribution >= 4 is 46.4 Å². The van der Waals surface area contributed by atoms with Crippen molar-refractivity contribution in [2.75, 3.05) is 102 Å². The van der Waals surface area contributed by atoms with E-state index in [1.165, 1.54) is 12.8 Å². The number of nitrogens with zero attached hydrogens (tertiary/aromatic N) is 6. The van der Waals surface area contributed by atoms with Crippen LogP contribution in [0, 0.1) is 0 Å². The Morgan fingerprint density at radius 1 is 0.508 bits per heavy atom. The number of rotatable bonds is 20. The van der Waals surface area contributed by atoms with Crippen LogP contribution in [0.2, 0.25) is 0 Å². The van der Waals surface area contributed by atoms with E-state index in [0.29, 0.717) is 13.2 Å². The number of hydrogen-bond donors (Lipinski definition) is 2. The molecule has 3 aromatic heterocycles. The second-order valence-electron chi connectivity index (χ2n) is 17.7. The summed E-state index contributed by atoms with van der Waals surface area (Å²) >= 11 is 0. The van der Waals surface area contributed by atoms with Crippen LogP contribution in [-0.4, -0.2) is 141 Å². The zero-order valence-electron chi connectivity index (χ0n) is 37.4. The number of fused-ring (bicyclic) bond motifs is 8. The van der Waals surface area contributed by atoms with Crippen molar-refractivity contribution in [1.29, 1.82) is 0 Å². The van der Waals surface area contributed by atoms with Gasteiger partial charge in [0.05, 0.1) is 63.2 Å². The molecule has 0 saturated carbocycles. The van der Waals surface area contributed by atoms with Gasteiger partial charge in [-0.05, 0) is 157 Å². The number of aromatic amines is 2. The van der Waals surface area contributed by atoms with Crippen LogP contribution in [0.5, 0.6) is 11.5 Å². The summed E-state index contributed by atoms with van der Waals surface area (Å²) in [6.45, 7) is 7.97. The van der Waals surface area contributed by atoms with Crippen LogP contribution in [0.25, 0.3) is 68.6 Å². The first-order chi connectivity index (χ1) is 29.5. The summed E-state index contributed by atoms with van der Waals surface area (Å²) in [6.07, 6.45) is 12.7. The molecule has 2 aromatic carbocycles. The Hall–Kier alpha value is -5.52. The second-order valence-corrected chi connectivity index (χ2v) is 17.7. The quantitative estimate of drug-likeness (QED) is 0.0586. The molecule has 0 aliphatic carbocycles. The fraction of sp³-hybridized carbons (Fsp3) is 0.373. The maximum absolute atomic E-state index is 6.23. The third kappa shape index (κ3) is 12.3. The predicted octanol–water partition coefficient (Wildman–Crippen LogP) is 9.44. The zero-order valence-corrected chi connectivity index (χ0v) is 37.4. The highest BCUT2D eigenvalue weighted by atomic mass is 16.5. The molecular weight excluding hydrogens is 757 g/mol. The molecule has 7 rings (SSSR count). The summed E-state index contributed by atoms with van der Waals surface area (Å²) in [5, 5.41) is 0. The van der Waals surface area contributed by atoms with E-state index in [2.05, 4.69) is 183 Å². The van der Waals surface area contributed by atoms with Gasteiger partial charge in [-0.15, -0.1) is 0 Å². The molecule has 5 aromatic rings. The monoisotopic (exact) mass is 822 g/mol. The third-order valence-corrected chi connectivity index (χ3v) is 11.3. The molecule has 2 aliphatic rings. The molecule has 0 unspecified atom stereocenters. The van der Waals surface area contributed by atoms with Gasteiger partial charge in [0.2, 0.25) is 0 Å². The SMILES string of the molecule is CN(C)CCCN(C)CCCOc1ccc(-c2c3nc(cc4ccc([nH]4)c(-c4ccc(OCCC[N+](C)(C)CCCN(C)C)cc4)c4nc(cc5ccc2[nH]5)C=C4)C=C3)cc1. The molecule has 61 heavy (non-hydrogen) atoms. The van der Waals surface area contributed by atoms with Crippen molar-refractivity contribution in [3.8, 4) is 33.8 Å². The molecule has 0 saturated heterocycles. The normalized spacial score (nSPS) is 12.6. The molecule has 0 atom stereocenters. The van der Waals surface area contributed by atoms with Gasteiger partial charge >= 0.3 is 0 Å². The predicted molar refractivity (Wildman–Crippen MR) is 256 cm³/mol. The van der Waals surface area contributed by atoms with Crippen LogP contribution < -0.4 is 9.47 Å². The number of H-pyrrole nitrogens is 2. The average Bonchev–Trinajstić information content (AvgIpc) is 4.07. The summed E-state index contributed by atoms with van der Waals surface area (Å²) < 4.78 is 13.4. The fourth-order valence-electron chi connectivity index (χ4n) is 8.02. The lowest BCUT2D eigenvalue weighted by molar-refractivity contribution is -0.890. The van der Waals surface area contributed by atoms with Gasteiger partial charge in [-0.3, -0.25) is 0 Å². The van der Waals surface area contributed by atoms with E-state index in [0.717, 1.165) is 135 Å². The maximum atomic E-state index is 6.23. The highest BCUT2D eigenvalue weighted by Crippen LogP contribution is 2.33. The van der Waals surface area contributed by atoms with Crippen LogP contribution in [0.4, 0.5) is 0 Å². The summed E-state index contributed by atoms with van der Waals surface area (Å²) in [5.74, 6) is 1.75. The van der Waals surface area contributed by atoms with Gasteiger partial charge in [-0.25, -0.2) is 9.97 Å².